The average molecular weight is 258 g/mol. The van der Waals surface area contributed by atoms with Crippen LogP contribution in [0, 0.1) is 11.8 Å². The van der Waals surface area contributed by atoms with Gasteiger partial charge in [-0.15, -0.1) is 0 Å². The molecule has 1 aromatic carbocycles. The Balaban J connectivity index is 1.60. The molecule has 0 bridgehead atoms. The molecule has 3 nitrogen and oxygen atoms in total. The Bertz CT molecular complexity index is 442. The van der Waals surface area contributed by atoms with Crippen molar-refractivity contribution in [3.8, 4) is 0 Å². The molecule has 102 valence electrons. The maximum absolute atomic E-state index is 11.7. The number of hydrogen-bond donors (Lipinski definition) is 1. The normalized spacial score (nSPS) is 20.4. The number of nitrogens with one attached hydrogen (secondary N) is 1. The molecule has 1 aromatic rings. The Morgan fingerprint density at radius 2 is 1.74 bits per heavy atom. The highest BCUT2D eigenvalue weighted by atomic mass is 16.2. The van der Waals surface area contributed by atoms with Gasteiger partial charge in [-0.05, 0) is 55.9 Å². The topological polar surface area (TPSA) is 32.3 Å². The van der Waals surface area contributed by atoms with Crippen LogP contribution in [0.5, 0.6) is 0 Å². The van der Waals surface area contributed by atoms with Crippen LogP contribution in [0.2, 0.25) is 0 Å². The second kappa shape index (κ2) is 5.24. The minimum absolute atomic E-state index is 0.180. The number of amides is 1. The largest absolute Gasteiger partial charge is 0.372 e. The summed E-state index contributed by atoms with van der Waals surface area (Å²) in [6.45, 7) is 4.62. The third-order valence-electron chi connectivity index (χ3n) is 4.23. The van der Waals surface area contributed by atoms with Gasteiger partial charge in [-0.25, -0.2) is 0 Å². The van der Waals surface area contributed by atoms with Crippen LogP contribution in [0.3, 0.4) is 0 Å². The van der Waals surface area contributed by atoms with E-state index in [1.54, 1.807) is 0 Å². The molecule has 19 heavy (non-hydrogen) atoms. The van der Waals surface area contributed by atoms with Crippen LogP contribution >= 0.6 is 0 Å². The Kier molecular flexibility index (Phi) is 3.45. The Hall–Kier alpha value is -1.51. The molecular weight excluding hydrogens is 236 g/mol. The molecule has 0 radical (unpaired) electrons. The van der Waals surface area contributed by atoms with Crippen molar-refractivity contribution in [2.45, 2.75) is 32.6 Å². The van der Waals surface area contributed by atoms with Gasteiger partial charge in [-0.3, -0.25) is 4.79 Å². The first kappa shape index (κ1) is 12.5. The van der Waals surface area contributed by atoms with Crippen molar-refractivity contribution in [2.24, 2.45) is 11.8 Å². The van der Waals surface area contributed by atoms with E-state index < -0.39 is 0 Å². The fraction of sp³-hybridized carbons (Fsp3) is 0.562. The van der Waals surface area contributed by atoms with E-state index in [9.17, 15) is 4.79 Å². The summed E-state index contributed by atoms with van der Waals surface area (Å²) < 4.78 is 0. The molecule has 1 saturated heterocycles. The van der Waals surface area contributed by atoms with E-state index in [0.717, 1.165) is 37.5 Å². The number of carbonyl (C=O) groups excluding carboxylic acids is 1. The summed E-state index contributed by atoms with van der Waals surface area (Å²) in [6, 6.07) is 8.29. The van der Waals surface area contributed by atoms with Gasteiger partial charge in [0.05, 0.1) is 0 Å². The third kappa shape index (κ3) is 3.09. The molecule has 2 fully saturated rings. The van der Waals surface area contributed by atoms with Crippen molar-refractivity contribution in [1.82, 2.24) is 0 Å². The summed E-state index contributed by atoms with van der Waals surface area (Å²) in [5, 5.41) is 2.98. The van der Waals surface area contributed by atoms with Crippen molar-refractivity contribution < 1.29 is 4.79 Å². The van der Waals surface area contributed by atoms with Crippen LogP contribution in [-0.2, 0) is 4.79 Å². The molecular formula is C16H22N2O. The van der Waals surface area contributed by atoms with E-state index in [1.807, 2.05) is 12.1 Å². The van der Waals surface area contributed by atoms with Crippen molar-refractivity contribution in [2.75, 3.05) is 23.3 Å². The van der Waals surface area contributed by atoms with Gasteiger partial charge in [-0.2, -0.15) is 0 Å². The van der Waals surface area contributed by atoms with E-state index >= 15 is 0 Å². The number of anilines is 2. The minimum Gasteiger partial charge on any atom is -0.372 e. The molecule has 1 saturated carbocycles. The molecule has 1 N–H and O–H groups in total. The first-order valence-electron chi connectivity index (χ1n) is 7.38. The molecule has 1 amide bonds. The zero-order valence-electron chi connectivity index (χ0n) is 11.6. The maximum Gasteiger partial charge on any atom is 0.227 e. The molecule has 0 unspecified atom stereocenters. The summed E-state index contributed by atoms with van der Waals surface area (Å²) in [5.74, 6) is 1.30. The number of hydrogen-bond acceptors (Lipinski definition) is 2. The third-order valence-corrected chi connectivity index (χ3v) is 4.23. The fourth-order valence-corrected chi connectivity index (χ4v) is 2.61. The van der Waals surface area contributed by atoms with Gasteiger partial charge >= 0.3 is 0 Å². The first-order valence-corrected chi connectivity index (χ1v) is 7.38. The molecule has 1 aliphatic heterocycles. The van der Waals surface area contributed by atoms with Gasteiger partial charge in [0.25, 0.3) is 0 Å². The van der Waals surface area contributed by atoms with Crippen molar-refractivity contribution >= 4 is 17.3 Å². The minimum atomic E-state index is 0.180. The zero-order chi connectivity index (χ0) is 13.2. The second-order valence-electron chi connectivity index (χ2n) is 5.98. The monoisotopic (exact) mass is 258 g/mol. The number of rotatable bonds is 3. The van der Waals surface area contributed by atoms with Crippen LogP contribution in [-0.4, -0.2) is 19.0 Å². The lowest BCUT2D eigenvalue weighted by Gasteiger charge is -2.32. The van der Waals surface area contributed by atoms with E-state index in [4.69, 9.17) is 0 Å². The smallest absolute Gasteiger partial charge is 0.227 e. The zero-order valence-corrected chi connectivity index (χ0v) is 11.6. The van der Waals surface area contributed by atoms with Gasteiger partial charge in [-0.1, -0.05) is 6.92 Å². The Morgan fingerprint density at radius 3 is 2.32 bits per heavy atom. The van der Waals surface area contributed by atoms with Crippen LogP contribution in [0.15, 0.2) is 24.3 Å². The van der Waals surface area contributed by atoms with Gasteiger partial charge in [0.15, 0.2) is 0 Å². The molecule has 2 aliphatic rings. The molecule has 0 spiro atoms. The highest BCUT2D eigenvalue weighted by molar-refractivity contribution is 5.94. The Labute approximate surface area is 115 Å². The number of carbonyl (C=O) groups is 1. The van der Waals surface area contributed by atoms with E-state index in [1.165, 1.54) is 18.5 Å². The molecule has 3 rings (SSSR count). The lowest BCUT2D eigenvalue weighted by Crippen LogP contribution is -2.32. The number of nitrogens with zero attached hydrogens (tertiary/aromatic N) is 1. The van der Waals surface area contributed by atoms with Crippen molar-refractivity contribution in [3.05, 3.63) is 24.3 Å². The number of benzene rings is 1. The lowest BCUT2D eigenvalue weighted by atomic mass is 9.99. The summed E-state index contributed by atoms with van der Waals surface area (Å²) in [5.41, 5.74) is 2.20. The quantitative estimate of drug-likeness (QED) is 0.902. The van der Waals surface area contributed by atoms with E-state index in [0.29, 0.717) is 0 Å². The van der Waals surface area contributed by atoms with E-state index in [2.05, 4.69) is 29.3 Å². The number of piperidine rings is 1. The highest BCUT2D eigenvalue weighted by Crippen LogP contribution is 2.30. The highest BCUT2D eigenvalue weighted by Gasteiger charge is 2.29. The predicted molar refractivity (Wildman–Crippen MR) is 78.4 cm³/mol. The second-order valence-corrected chi connectivity index (χ2v) is 5.98. The Morgan fingerprint density at radius 1 is 1.11 bits per heavy atom. The molecule has 0 aromatic heterocycles. The maximum atomic E-state index is 11.7. The standard InChI is InChI=1S/C16H22N2O/c1-12-8-10-18(11-9-12)15-6-4-14(5-7-15)17-16(19)13-2-3-13/h4-7,12-13H,2-3,8-11H2,1H3,(H,17,19). The SMILES string of the molecule is CC1CCN(c2ccc(NC(=O)C3CC3)cc2)CC1. The van der Waals surface area contributed by atoms with Gasteiger partial charge in [0, 0.05) is 30.4 Å². The summed E-state index contributed by atoms with van der Waals surface area (Å²) >= 11 is 0. The van der Waals surface area contributed by atoms with Gasteiger partial charge < -0.3 is 10.2 Å². The molecule has 0 atom stereocenters. The first-order chi connectivity index (χ1) is 9.22. The van der Waals surface area contributed by atoms with E-state index in [-0.39, 0.29) is 11.8 Å². The van der Waals surface area contributed by atoms with Crippen LogP contribution in [0.1, 0.15) is 32.6 Å². The molecule has 1 aliphatic carbocycles. The average Bonchev–Trinajstić information content (AvgIpc) is 3.25. The molecule has 3 heteroatoms. The van der Waals surface area contributed by atoms with Crippen LogP contribution < -0.4 is 10.2 Å². The van der Waals surface area contributed by atoms with Gasteiger partial charge in [0.1, 0.15) is 0 Å². The van der Waals surface area contributed by atoms with Crippen LogP contribution in [0.4, 0.5) is 11.4 Å². The lowest BCUT2D eigenvalue weighted by molar-refractivity contribution is -0.117. The van der Waals surface area contributed by atoms with Crippen molar-refractivity contribution in [3.63, 3.8) is 0 Å². The summed E-state index contributed by atoms with van der Waals surface area (Å²) in [7, 11) is 0. The fourth-order valence-electron chi connectivity index (χ4n) is 2.61. The molecule has 1 heterocycles. The predicted octanol–water partition coefficient (Wildman–Crippen LogP) is 3.27. The van der Waals surface area contributed by atoms with Crippen molar-refractivity contribution in [1.29, 1.82) is 0 Å². The van der Waals surface area contributed by atoms with Crippen LogP contribution in [0.25, 0.3) is 0 Å². The summed E-state index contributed by atoms with van der Waals surface area (Å²) in [4.78, 5) is 14.1. The van der Waals surface area contributed by atoms with Gasteiger partial charge in [0.2, 0.25) is 5.91 Å². The summed E-state index contributed by atoms with van der Waals surface area (Å²) in [6.07, 6.45) is 4.66.